The molecule has 0 atom stereocenters. The van der Waals surface area contributed by atoms with Crippen molar-refractivity contribution in [3.8, 4) is 5.75 Å². The Morgan fingerprint density at radius 3 is 2.33 bits per heavy atom. The van der Waals surface area contributed by atoms with Crippen LogP contribution in [-0.2, 0) is 11.3 Å². The van der Waals surface area contributed by atoms with Crippen molar-refractivity contribution in [2.75, 3.05) is 26.2 Å². The zero-order valence-electron chi connectivity index (χ0n) is 11.1. The van der Waals surface area contributed by atoms with Gasteiger partial charge in [-0.25, -0.2) is 0 Å². The van der Waals surface area contributed by atoms with Crippen LogP contribution in [0.15, 0.2) is 12.1 Å². The molecule has 1 heterocycles. The summed E-state index contributed by atoms with van der Waals surface area (Å²) in [7, 11) is 0. The van der Waals surface area contributed by atoms with Crippen molar-refractivity contribution >= 4 is 6.41 Å². The van der Waals surface area contributed by atoms with Crippen LogP contribution in [-0.4, -0.2) is 42.6 Å². The Labute approximate surface area is 108 Å². The second-order valence-electron chi connectivity index (χ2n) is 5.15. The second kappa shape index (κ2) is 5.40. The first-order valence-corrected chi connectivity index (χ1v) is 6.42. The van der Waals surface area contributed by atoms with Gasteiger partial charge >= 0.3 is 0 Å². The number of piperazine rings is 1. The molecule has 1 aliphatic rings. The minimum Gasteiger partial charge on any atom is -0.507 e. The van der Waals surface area contributed by atoms with Crippen LogP contribution in [0.2, 0.25) is 0 Å². The van der Waals surface area contributed by atoms with E-state index in [4.69, 9.17) is 0 Å². The maximum atomic E-state index is 10.6. The topological polar surface area (TPSA) is 45.0 Å². The van der Waals surface area contributed by atoms with Crippen LogP contribution in [0.4, 0.5) is 0 Å². The maximum absolute atomic E-state index is 10.6. The maximum Gasteiger partial charge on any atom is 0.210 e. The van der Waals surface area contributed by atoms with E-state index >= 15 is 0 Å². The molecule has 2 rings (SSSR count). The second-order valence-corrected chi connectivity index (χ2v) is 5.15. The molecule has 1 aliphatic heterocycles. The summed E-state index contributed by atoms with van der Waals surface area (Å²) in [5.74, 6) is 0.402. The highest BCUT2D eigenvalue weighted by Gasteiger charge is 2.19. The highest BCUT2D eigenvalue weighted by atomic mass is 16.3. The van der Waals surface area contributed by atoms with Crippen molar-refractivity contribution in [1.29, 1.82) is 0 Å². The first-order chi connectivity index (χ1) is 8.60. The van der Waals surface area contributed by atoms with Crippen molar-refractivity contribution in [1.82, 2.24) is 4.90 Å². The van der Waals surface area contributed by atoms with Gasteiger partial charge in [0.2, 0.25) is 6.41 Å². The molecule has 0 bridgehead atoms. The van der Waals surface area contributed by atoms with Gasteiger partial charge in [-0.2, -0.15) is 0 Å². The summed E-state index contributed by atoms with van der Waals surface area (Å²) in [4.78, 5) is 14.0. The Morgan fingerprint density at radius 2 is 1.83 bits per heavy atom. The Morgan fingerprint density at radius 1 is 1.28 bits per heavy atom. The summed E-state index contributed by atoms with van der Waals surface area (Å²) < 4.78 is 0. The molecule has 0 unspecified atom stereocenters. The lowest BCUT2D eigenvalue weighted by atomic mass is 10.1. The number of phenolic OH excluding ortho intramolecular Hbond substituents is 1. The lowest BCUT2D eigenvalue weighted by Crippen LogP contribution is -3.13. The predicted molar refractivity (Wildman–Crippen MR) is 69.6 cm³/mol. The molecule has 1 fully saturated rings. The van der Waals surface area contributed by atoms with Crippen molar-refractivity contribution in [2.24, 2.45) is 0 Å². The first kappa shape index (κ1) is 12.9. The highest BCUT2D eigenvalue weighted by molar-refractivity contribution is 5.47. The molecule has 1 aromatic carbocycles. The molecule has 0 aliphatic carbocycles. The number of rotatable bonds is 3. The number of nitrogens with one attached hydrogen (secondary N) is 1. The number of quaternary nitrogens is 1. The quantitative estimate of drug-likeness (QED) is 0.733. The highest BCUT2D eigenvalue weighted by Crippen LogP contribution is 2.22. The smallest absolute Gasteiger partial charge is 0.210 e. The number of hydrogen-bond acceptors (Lipinski definition) is 2. The molecule has 0 spiro atoms. The van der Waals surface area contributed by atoms with E-state index in [2.05, 4.69) is 12.1 Å². The number of amides is 1. The van der Waals surface area contributed by atoms with Gasteiger partial charge < -0.3 is 14.9 Å². The van der Waals surface area contributed by atoms with E-state index in [1.54, 1.807) is 0 Å². The molecule has 0 saturated carbocycles. The first-order valence-electron chi connectivity index (χ1n) is 6.42. The molecular formula is C14H21N2O2+. The fourth-order valence-electron chi connectivity index (χ4n) is 2.56. The van der Waals surface area contributed by atoms with Crippen LogP contribution >= 0.6 is 0 Å². The normalized spacial score (nSPS) is 16.9. The number of aryl methyl sites for hydroxylation is 2. The van der Waals surface area contributed by atoms with Crippen LogP contribution in [0.25, 0.3) is 0 Å². The zero-order chi connectivity index (χ0) is 13.1. The van der Waals surface area contributed by atoms with Crippen LogP contribution in [0.3, 0.4) is 0 Å². The summed E-state index contributed by atoms with van der Waals surface area (Å²) in [6, 6.07) is 4.11. The van der Waals surface area contributed by atoms with E-state index in [1.165, 1.54) is 10.5 Å². The molecule has 4 heteroatoms. The van der Waals surface area contributed by atoms with Crippen LogP contribution in [0.5, 0.6) is 5.75 Å². The molecule has 1 saturated heterocycles. The van der Waals surface area contributed by atoms with Crippen molar-refractivity contribution in [2.45, 2.75) is 20.4 Å². The van der Waals surface area contributed by atoms with Crippen molar-refractivity contribution in [3.05, 3.63) is 28.8 Å². The van der Waals surface area contributed by atoms with Gasteiger partial charge in [0.05, 0.1) is 26.2 Å². The number of aromatic hydroxyl groups is 1. The molecule has 2 N–H and O–H groups in total. The van der Waals surface area contributed by atoms with Gasteiger partial charge in [0.25, 0.3) is 0 Å². The molecule has 1 aromatic rings. The van der Waals surface area contributed by atoms with E-state index in [0.717, 1.165) is 50.3 Å². The summed E-state index contributed by atoms with van der Waals surface area (Å²) >= 11 is 0. The van der Waals surface area contributed by atoms with Gasteiger partial charge in [-0.3, -0.25) is 4.79 Å². The number of carbonyl (C=O) groups excluding carboxylic acids is 1. The molecule has 98 valence electrons. The molecule has 0 aromatic heterocycles. The Balaban J connectivity index is 2.00. The fourth-order valence-corrected chi connectivity index (χ4v) is 2.56. The van der Waals surface area contributed by atoms with Crippen molar-refractivity contribution < 1.29 is 14.8 Å². The number of nitrogens with zero attached hydrogens (tertiary/aromatic N) is 1. The monoisotopic (exact) mass is 249 g/mol. The van der Waals surface area contributed by atoms with E-state index in [0.29, 0.717) is 5.75 Å². The molecule has 4 nitrogen and oxygen atoms in total. The number of phenols is 1. The minimum absolute atomic E-state index is 0.402. The summed E-state index contributed by atoms with van der Waals surface area (Å²) in [6.07, 6.45) is 0.936. The predicted octanol–water partition coefficient (Wildman–Crippen LogP) is -0.134. The third kappa shape index (κ3) is 2.82. The average Bonchev–Trinajstić information content (AvgIpc) is 2.37. The third-order valence-electron chi connectivity index (χ3n) is 3.66. The SMILES string of the molecule is Cc1cc(C[NH+]2CCN(C=O)CC2)cc(C)c1O. The molecule has 0 radical (unpaired) electrons. The number of carbonyl (C=O) groups is 1. The summed E-state index contributed by atoms with van der Waals surface area (Å²) in [5.41, 5.74) is 3.14. The van der Waals surface area contributed by atoms with Crippen molar-refractivity contribution in [3.63, 3.8) is 0 Å². The number of benzene rings is 1. The molecule has 18 heavy (non-hydrogen) atoms. The van der Waals surface area contributed by atoms with Gasteiger partial charge in [0.15, 0.2) is 0 Å². The van der Waals surface area contributed by atoms with Crippen LogP contribution in [0.1, 0.15) is 16.7 Å². The van der Waals surface area contributed by atoms with Gasteiger partial charge in [-0.05, 0) is 37.1 Å². The van der Waals surface area contributed by atoms with Gasteiger partial charge in [-0.1, -0.05) is 0 Å². The Kier molecular flexibility index (Phi) is 3.87. The van der Waals surface area contributed by atoms with Gasteiger partial charge in [0, 0.05) is 5.56 Å². The van der Waals surface area contributed by atoms with Gasteiger partial charge in [-0.15, -0.1) is 0 Å². The third-order valence-corrected chi connectivity index (χ3v) is 3.66. The fraction of sp³-hybridized carbons (Fsp3) is 0.500. The lowest BCUT2D eigenvalue weighted by Gasteiger charge is -2.29. The lowest BCUT2D eigenvalue weighted by molar-refractivity contribution is -0.917. The summed E-state index contributed by atoms with van der Waals surface area (Å²) in [5, 5.41) is 9.75. The zero-order valence-corrected chi connectivity index (χ0v) is 11.1. The summed E-state index contributed by atoms with van der Waals surface area (Å²) in [6.45, 7) is 8.52. The Bertz CT molecular complexity index is 414. The average molecular weight is 249 g/mol. The Hall–Kier alpha value is -1.55. The standard InChI is InChI=1S/C14H20N2O2/c1-11-7-13(8-12(2)14(11)18)9-15-3-5-16(10-17)6-4-15/h7-8,10,18H,3-6,9H2,1-2H3/p+1. The van der Waals surface area contributed by atoms with Crippen LogP contribution in [0, 0.1) is 13.8 Å². The van der Waals surface area contributed by atoms with Gasteiger partial charge in [0.1, 0.15) is 12.3 Å². The van der Waals surface area contributed by atoms with E-state index < -0.39 is 0 Å². The van der Waals surface area contributed by atoms with E-state index in [-0.39, 0.29) is 0 Å². The number of hydrogen-bond donors (Lipinski definition) is 2. The van der Waals surface area contributed by atoms with Crippen LogP contribution < -0.4 is 4.90 Å². The minimum atomic E-state index is 0.402. The van der Waals surface area contributed by atoms with E-state index in [1.807, 2.05) is 18.7 Å². The largest absolute Gasteiger partial charge is 0.507 e. The van der Waals surface area contributed by atoms with E-state index in [9.17, 15) is 9.90 Å². The molecular weight excluding hydrogens is 228 g/mol. The molecule has 1 amide bonds.